The fourth-order valence-corrected chi connectivity index (χ4v) is 2.93. The van der Waals surface area contributed by atoms with Crippen molar-refractivity contribution in [3.05, 3.63) is 33.8 Å². The van der Waals surface area contributed by atoms with Crippen LogP contribution in [0.25, 0.3) is 0 Å². The van der Waals surface area contributed by atoms with Gasteiger partial charge in [-0.2, -0.15) is 0 Å². The van der Waals surface area contributed by atoms with E-state index in [1.165, 1.54) is 0 Å². The van der Waals surface area contributed by atoms with Gasteiger partial charge in [-0.05, 0) is 43.0 Å². The van der Waals surface area contributed by atoms with E-state index in [-0.39, 0.29) is 11.9 Å². The van der Waals surface area contributed by atoms with E-state index in [2.05, 4.69) is 22.9 Å². The number of carbonyl (C=O) groups excluding carboxylic acids is 1. The van der Waals surface area contributed by atoms with Crippen molar-refractivity contribution in [2.75, 3.05) is 13.1 Å². The highest BCUT2D eigenvalue weighted by Gasteiger charge is 2.26. The Morgan fingerprint density at radius 3 is 2.78 bits per heavy atom. The van der Waals surface area contributed by atoms with Crippen LogP contribution in [0.15, 0.2) is 22.7 Å². The summed E-state index contributed by atoms with van der Waals surface area (Å²) >= 11 is 3.43. The summed E-state index contributed by atoms with van der Waals surface area (Å²) in [5.74, 6) is 0.583. The molecule has 2 rings (SSSR count). The van der Waals surface area contributed by atoms with E-state index in [4.69, 9.17) is 5.73 Å². The molecule has 1 heterocycles. The van der Waals surface area contributed by atoms with Crippen LogP contribution < -0.4 is 5.73 Å². The standard InChI is InChI=1S/C14H19BrN2O/c1-9-5-11(7-12(15)6-9)14(18)17-4-3-10(2)13(16)8-17/h5-7,10,13H,3-4,8,16H2,1-2H3. The molecule has 98 valence electrons. The van der Waals surface area contributed by atoms with Gasteiger partial charge in [-0.3, -0.25) is 4.79 Å². The molecule has 1 aliphatic rings. The average molecular weight is 311 g/mol. The Labute approximate surface area is 116 Å². The number of nitrogens with zero attached hydrogens (tertiary/aromatic N) is 1. The van der Waals surface area contributed by atoms with E-state index in [9.17, 15) is 4.79 Å². The van der Waals surface area contributed by atoms with Gasteiger partial charge in [0.25, 0.3) is 5.91 Å². The van der Waals surface area contributed by atoms with Crippen LogP contribution in [0.4, 0.5) is 0 Å². The number of benzene rings is 1. The Morgan fingerprint density at radius 2 is 2.17 bits per heavy atom. The summed E-state index contributed by atoms with van der Waals surface area (Å²) in [7, 11) is 0. The van der Waals surface area contributed by atoms with Crippen LogP contribution in [0, 0.1) is 12.8 Å². The predicted octanol–water partition coefficient (Wildman–Crippen LogP) is 2.57. The Balaban J connectivity index is 2.16. The molecule has 1 fully saturated rings. The largest absolute Gasteiger partial charge is 0.337 e. The molecule has 2 unspecified atom stereocenters. The molecule has 1 aromatic rings. The van der Waals surface area contributed by atoms with Crippen molar-refractivity contribution in [3.8, 4) is 0 Å². The molecule has 2 N–H and O–H groups in total. The molecule has 1 aromatic carbocycles. The molecule has 0 aromatic heterocycles. The second-order valence-corrected chi connectivity index (χ2v) is 6.11. The zero-order valence-corrected chi connectivity index (χ0v) is 12.4. The molecule has 4 heteroatoms. The highest BCUT2D eigenvalue weighted by molar-refractivity contribution is 9.10. The molecular weight excluding hydrogens is 292 g/mol. The lowest BCUT2D eigenvalue weighted by Crippen LogP contribution is -2.49. The first-order valence-corrected chi connectivity index (χ1v) is 7.08. The third-order valence-corrected chi connectivity index (χ3v) is 4.05. The van der Waals surface area contributed by atoms with Crippen molar-refractivity contribution >= 4 is 21.8 Å². The molecule has 0 aliphatic carbocycles. The van der Waals surface area contributed by atoms with Crippen molar-refractivity contribution in [2.24, 2.45) is 11.7 Å². The topological polar surface area (TPSA) is 46.3 Å². The molecule has 0 saturated carbocycles. The fraction of sp³-hybridized carbons (Fsp3) is 0.500. The van der Waals surface area contributed by atoms with Crippen LogP contribution in [0.1, 0.15) is 29.3 Å². The number of amides is 1. The predicted molar refractivity (Wildman–Crippen MR) is 76.5 cm³/mol. The van der Waals surface area contributed by atoms with Gasteiger partial charge in [0.2, 0.25) is 0 Å². The molecule has 0 radical (unpaired) electrons. The van der Waals surface area contributed by atoms with Crippen molar-refractivity contribution < 1.29 is 4.79 Å². The second kappa shape index (κ2) is 5.41. The maximum absolute atomic E-state index is 12.4. The van der Waals surface area contributed by atoms with Gasteiger partial charge < -0.3 is 10.6 Å². The van der Waals surface area contributed by atoms with Gasteiger partial charge in [-0.15, -0.1) is 0 Å². The number of halogens is 1. The molecule has 0 bridgehead atoms. The van der Waals surface area contributed by atoms with Gasteiger partial charge in [0.1, 0.15) is 0 Å². The highest BCUT2D eigenvalue weighted by Crippen LogP contribution is 2.20. The van der Waals surface area contributed by atoms with Gasteiger partial charge in [0.05, 0.1) is 0 Å². The molecule has 1 aliphatic heterocycles. The molecule has 1 saturated heterocycles. The lowest BCUT2D eigenvalue weighted by Gasteiger charge is -2.35. The molecule has 2 atom stereocenters. The number of piperidine rings is 1. The van der Waals surface area contributed by atoms with E-state index in [1.54, 1.807) is 0 Å². The van der Waals surface area contributed by atoms with Crippen LogP contribution in [0.3, 0.4) is 0 Å². The first-order chi connectivity index (χ1) is 8.47. The van der Waals surface area contributed by atoms with Crippen LogP contribution in [0.5, 0.6) is 0 Å². The van der Waals surface area contributed by atoms with Gasteiger partial charge in [-0.25, -0.2) is 0 Å². The minimum Gasteiger partial charge on any atom is -0.337 e. The maximum atomic E-state index is 12.4. The fourth-order valence-electron chi connectivity index (χ4n) is 2.33. The van der Waals surface area contributed by atoms with Crippen LogP contribution in [0.2, 0.25) is 0 Å². The zero-order valence-electron chi connectivity index (χ0n) is 10.8. The van der Waals surface area contributed by atoms with Crippen molar-refractivity contribution in [1.29, 1.82) is 0 Å². The molecule has 1 amide bonds. The number of aryl methyl sites for hydroxylation is 1. The molecule has 18 heavy (non-hydrogen) atoms. The Hall–Kier alpha value is -0.870. The number of carbonyl (C=O) groups is 1. The smallest absolute Gasteiger partial charge is 0.253 e. The first kappa shape index (κ1) is 13.6. The molecule has 3 nitrogen and oxygen atoms in total. The second-order valence-electron chi connectivity index (χ2n) is 5.20. The van der Waals surface area contributed by atoms with Crippen molar-refractivity contribution in [1.82, 2.24) is 4.90 Å². The van der Waals surface area contributed by atoms with Crippen molar-refractivity contribution in [3.63, 3.8) is 0 Å². The summed E-state index contributed by atoms with van der Waals surface area (Å²) in [5, 5.41) is 0. The molecule has 0 spiro atoms. The van der Waals surface area contributed by atoms with Gasteiger partial charge in [0, 0.05) is 29.2 Å². The first-order valence-electron chi connectivity index (χ1n) is 6.29. The molecular formula is C14H19BrN2O. The summed E-state index contributed by atoms with van der Waals surface area (Å²) in [5.41, 5.74) is 7.87. The number of nitrogens with two attached hydrogens (primary N) is 1. The van der Waals surface area contributed by atoms with Gasteiger partial charge in [-0.1, -0.05) is 22.9 Å². The summed E-state index contributed by atoms with van der Waals surface area (Å²) < 4.78 is 0.945. The SMILES string of the molecule is Cc1cc(Br)cc(C(=O)N2CCC(C)C(N)C2)c1. The monoisotopic (exact) mass is 310 g/mol. The minimum absolute atomic E-state index is 0.0850. The van der Waals surface area contributed by atoms with E-state index in [1.807, 2.05) is 30.0 Å². The number of hydrogen-bond acceptors (Lipinski definition) is 2. The third kappa shape index (κ3) is 2.93. The number of likely N-dealkylation sites (tertiary alicyclic amines) is 1. The van der Waals surface area contributed by atoms with Gasteiger partial charge >= 0.3 is 0 Å². The minimum atomic E-state index is 0.0850. The number of hydrogen-bond donors (Lipinski definition) is 1. The zero-order chi connectivity index (χ0) is 13.3. The normalized spacial score (nSPS) is 24.1. The number of rotatable bonds is 1. The van der Waals surface area contributed by atoms with E-state index in [0.717, 1.165) is 28.6 Å². The lowest BCUT2D eigenvalue weighted by molar-refractivity contribution is 0.0672. The van der Waals surface area contributed by atoms with E-state index < -0.39 is 0 Å². The maximum Gasteiger partial charge on any atom is 0.253 e. The summed E-state index contributed by atoms with van der Waals surface area (Å²) in [6, 6.07) is 5.90. The van der Waals surface area contributed by atoms with Gasteiger partial charge in [0.15, 0.2) is 0 Å². The quantitative estimate of drug-likeness (QED) is 0.866. The van der Waals surface area contributed by atoms with Crippen LogP contribution >= 0.6 is 15.9 Å². The Bertz CT molecular complexity index is 441. The van der Waals surface area contributed by atoms with E-state index in [0.29, 0.717) is 12.5 Å². The lowest BCUT2D eigenvalue weighted by atomic mass is 9.94. The van der Waals surface area contributed by atoms with Crippen LogP contribution in [-0.2, 0) is 0 Å². The summed E-state index contributed by atoms with van der Waals surface area (Å²) in [6.45, 7) is 5.60. The van der Waals surface area contributed by atoms with Crippen LogP contribution in [-0.4, -0.2) is 29.9 Å². The van der Waals surface area contributed by atoms with Crippen molar-refractivity contribution in [2.45, 2.75) is 26.3 Å². The van der Waals surface area contributed by atoms with E-state index >= 15 is 0 Å². The highest BCUT2D eigenvalue weighted by atomic mass is 79.9. The average Bonchev–Trinajstić information content (AvgIpc) is 2.30. The third-order valence-electron chi connectivity index (χ3n) is 3.59. The summed E-state index contributed by atoms with van der Waals surface area (Å²) in [6.07, 6.45) is 0.986. The summed E-state index contributed by atoms with van der Waals surface area (Å²) in [4.78, 5) is 14.3. The Kier molecular flexibility index (Phi) is 4.07. The Morgan fingerprint density at radius 1 is 1.44 bits per heavy atom.